The van der Waals surface area contributed by atoms with Crippen molar-refractivity contribution in [3.05, 3.63) is 85.8 Å². The van der Waals surface area contributed by atoms with E-state index in [2.05, 4.69) is 28.1 Å². The van der Waals surface area contributed by atoms with E-state index in [4.69, 9.17) is 0 Å². The maximum absolute atomic E-state index is 11.0. The average molecular weight is 418 g/mol. The van der Waals surface area contributed by atoms with Crippen molar-refractivity contribution in [2.45, 2.75) is 19.5 Å². The summed E-state index contributed by atoms with van der Waals surface area (Å²) >= 11 is 1.49. The van der Waals surface area contributed by atoms with Crippen LogP contribution in [0.25, 0.3) is 0 Å². The summed E-state index contributed by atoms with van der Waals surface area (Å²) < 4.78 is 0. The van der Waals surface area contributed by atoms with Gasteiger partial charge in [0.15, 0.2) is 5.75 Å². The second kappa shape index (κ2) is 8.45. The van der Waals surface area contributed by atoms with Gasteiger partial charge in [0.25, 0.3) is 0 Å². The van der Waals surface area contributed by atoms with E-state index in [0.29, 0.717) is 16.1 Å². The van der Waals surface area contributed by atoms with Gasteiger partial charge >= 0.3 is 5.69 Å². The van der Waals surface area contributed by atoms with Crippen LogP contribution >= 0.6 is 11.3 Å². The molecular weight excluding hydrogens is 400 g/mol. The van der Waals surface area contributed by atoms with E-state index in [9.17, 15) is 20.5 Å². The quantitative estimate of drug-likeness (QED) is 0.372. The minimum Gasteiger partial charge on any atom is -0.502 e. The van der Waals surface area contributed by atoms with Gasteiger partial charge in [0, 0.05) is 36.8 Å². The van der Waals surface area contributed by atoms with Crippen LogP contribution in [0.15, 0.2) is 53.5 Å². The lowest BCUT2D eigenvalue weighted by atomic mass is 10.0. The zero-order chi connectivity index (χ0) is 21.1. The topological polar surface area (TPSA) is 103 Å². The van der Waals surface area contributed by atoms with Crippen molar-refractivity contribution in [1.29, 1.82) is 5.26 Å². The van der Waals surface area contributed by atoms with Crippen LogP contribution in [-0.4, -0.2) is 27.7 Å². The van der Waals surface area contributed by atoms with E-state index in [1.165, 1.54) is 35.2 Å². The summed E-state index contributed by atoms with van der Waals surface area (Å²) in [5.41, 5.74) is 3.00. The van der Waals surface area contributed by atoms with Gasteiger partial charge in [-0.05, 0) is 35.2 Å². The van der Waals surface area contributed by atoms with Crippen LogP contribution in [0.5, 0.6) is 5.75 Å². The van der Waals surface area contributed by atoms with Crippen molar-refractivity contribution in [3.63, 3.8) is 0 Å². The molecule has 150 valence electrons. The minimum absolute atomic E-state index is 0.374. The van der Waals surface area contributed by atoms with Crippen LogP contribution in [0.3, 0.4) is 0 Å². The third-order valence-corrected chi connectivity index (χ3v) is 6.13. The molecule has 0 atom stereocenters. The Bertz CT molecular complexity index is 1170. The number of nitrogens with zero attached hydrogens (tertiary/aromatic N) is 4. The number of hydrogen-bond acceptors (Lipinski definition) is 7. The highest BCUT2D eigenvalue weighted by atomic mass is 32.1. The summed E-state index contributed by atoms with van der Waals surface area (Å²) in [6, 6.07) is 16.6. The molecule has 0 spiro atoms. The van der Waals surface area contributed by atoms with Gasteiger partial charge in [-0.2, -0.15) is 5.26 Å². The van der Waals surface area contributed by atoms with Crippen molar-refractivity contribution in [3.8, 4) is 11.8 Å². The minimum atomic E-state index is -0.640. The molecule has 0 bridgehead atoms. The largest absolute Gasteiger partial charge is 0.502 e. The van der Waals surface area contributed by atoms with Crippen LogP contribution in [-0.2, 0) is 19.5 Å². The molecule has 4 rings (SSSR count). The highest BCUT2D eigenvalue weighted by Crippen LogP contribution is 2.38. The molecule has 1 N–H and O–H groups in total. The lowest BCUT2D eigenvalue weighted by Crippen LogP contribution is -2.29. The molecule has 7 nitrogen and oxygen atoms in total. The number of phenols is 1. The van der Waals surface area contributed by atoms with Crippen molar-refractivity contribution in [1.82, 2.24) is 4.90 Å². The van der Waals surface area contributed by atoms with Crippen molar-refractivity contribution in [2.24, 2.45) is 4.99 Å². The molecule has 0 saturated carbocycles. The number of rotatable bonds is 5. The molecule has 1 aliphatic rings. The van der Waals surface area contributed by atoms with Gasteiger partial charge in [0.05, 0.1) is 10.5 Å². The standard InChI is InChI=1S/C22H18N4O3S/c23-11-18-17-8-9-25(13-15-4-2-1-3-5-15)14-21(17)30-22(18)24-12-16-6-7-20(27)19(10-16)26(28)29/h1-7,10,12,27H,8-9,13-14H2. The van der Waals surface area contributed by atoms with E-state index in [-0.39, 0.29) is 11.4 Å². The molecule has 0 fully saturated rings. The van der Waals surface area contributed by atoms with Crippen molar-refractivity contribution >= 4 is 28.2 Å². The average Bonchev–Trinajstić information content (AvgIpc) is 3.10. The molecule has 0 amide bonds. The number of fused-ring (bicyclic) bond motifs is 1. The molecule has 3 aromatic rings. The Morgan fingerprint density at radius 2 is 2.10 bits per heavy atom. The monoisotopic (exact) mass is 418 g/mol. The zero-order valence-electron chi connectivity index (χ0n) is 16.0. The maximum atomic E-state index is 11.0. The summed E-state index contributed by atoms with van der Waals surface area (Å²) in [5.74, 6) is -0.389. The number of aromatic hydroxyl groups is 1. The van der Waals surface area contributed by atoms with Crippen LogP contribution in [0.4, 0.5) is 10.7 Å². The Labute approximate surface area is 177 Å². The van der Waals surface area contributed by atoms with Crippen molar-refractivity contribution in [2.75, 3.05) is 6.54 Å². The van der Waals surface area contributed by atoms with E-state index >= 15 is 0 Å². The first-order chi connectivity index (χ1) is 14.5. The number of nitro benzene ring substituents is 1. The number of nitriles is 1. The maximum Gasteiger partial charge on any atom is 0.311 e. The highest BCUT2D eigenvalue weighted by molar-refractivity contribution is 7.16. The highest BCUT2D eigenvalue weighted by Gasteiger charge is 2.24. The zero-order valence-corrected chi connectivity index (χ0v) is 16.8. The lowest BCUT2D eigenvalue weighted by molar-refractivity contribution is -0.385. The van der Waals surface area contributed by atoms with E-state index in [1.807, 2.05) is 18.2 Å². The van der Waals surface area contributed by atoms with Crippen LogP contribution in [0.2, 0.25) is 0 Å². The fourth-order valence-electron chi connectivity index (χ4n) is 3.52. The first-order valence-corrected chi connectivity index (χ1v) is 10.2. The molecular formula is C22H18N4O3S. The predicted molar refractivity (Wildman–Crippen MR) is 115 cm³/mol. The smallest absolute Gasteiger partial charge is 0.311 e. The fraction of sp³-hybridized carbons (Fsp3) is 0.182. The second-order valence-electron chi connectivity index (χ2n) is 7.01. The van der Waals surface area contributed by atoms with Gasteiger partial charge in [0.1, 0.15) is 11.1 Å². The SMILES string of the molecule is N#Cc1c(N=Cc2ccc(O)c([N+](=O)[O-])c2)sc2c1CCN(Cc1ccccc1)C2. The summed E-state index contributed by atoms with van der Waals surface area (Å²) in [6.07, 6.45) is 2.29. The number of nitro groups is 1. The first kappa shape index (κ1) is 19.8. The molecule has 2 aromatic carbocycles. The molecule has 0 radical (unpaired) electrons. The Balaban J connectivity index is 1.56. The predicted octanol–water partition coefficient (Wildman–Crippen LogP) is 4.54. The van der Waals surface area contributed by atoms with Gasteiger partial charge in [-0.3, -0.25) is 15.0 Å². The third kappa shape index (κ3) is 4.08. The Morgan fingerprint density at radius 3 is 2.83 bits per heavy atom. The fourth-order valence-corrected chi connectivity index (χ4v) is 4.71. The number of phenolic OH excluding ortho intramolecular Hbond substituents is 1. The summed E-state index contributed by atoms with van der Waals surface area (Å²) in [7, 11) is 0. The van der Waals surface area contributed by atoms with Crippen LogP contribution in [0.1, 0.15) is 27.1 Å². The molecule has 0 aliphatic carbocycles. The molecule has 2 heterocycles. The van der Waals surface area contributed by atoms with Crippen LogP contribution in [0, 0.1) is 21.4 Å². The van der Waals surface area contributed by atoms with Gasteiger partial charge in [-0.25, -0.2) is 4.99 Å². The molecule has 0 unspecified atom stereocenters. The molecule has 30 heavy (non-hydrogen) atoms. The summed E-state index contributed by atoms with van der Waals surface area (Å²) in [5, 5.41) is 30.9. The van der Waals surface area contributed by atoms with Crippen molar-refractivity contribution < 1.29 is 10.0 Å². The second-order valence-corrected chi connectivity index (χ2v) is 8.09. The number of aliphatic imine (C=N–C) groups is 1. The third-order valence-electron chi connectivity index (χ3n) is 5.01. The summed E-state index contributed by atoms with van der Waals surface area (Å²) in [6.45, 7) is 2.50. The first-order valence-electron chi connectivity index (χ1n) is 9.37. The number of thiophene rings is 1. The van der Waals surface area contributed by atoms with Gasteiger partial charge in [-0.15, -0.1) is 11.3 Å². The Hall–Kier alpha value is -3.54. The molecule has 8 heteroatoms. The van der Waals surface area contributed by atoms with E-state index < -0.39 is 4.92 Å². The summed E-state index contributed by atoms with van der Waals surface area (Å²) in [4.78, 5) is 18.3. The molecule has 1 aromatic heterocycles. The van der Waals surface area contributed by atoms with Gasteiger partial charge < -0.3 is 5.11 Å². The normalized spacial score (nSPS) is 13.8. The number of hydrogen-bond donors (Lipinski definition) is 1. The van der Waals surface area contributed by atoms with E-state index in [1.54, 1.807) is 6.07 Å². The molecule has 1 aliphatic heterocycles. The number of benzene rings is 2. The lowest BCUT2D eigenvalue weighted by Gasteiger charge is -2.26. The Morgan fingerprint density at radius 1 is 1.30 bits per heavy atom. The van der Waals surface area contributed by atoms with Crippen LogP contribution < -0.4 is 0 Å². The van der Waals surface area contributed by atoms with Gasteiger partial charge in [0.2, 0.25) is 0 Å². The Kier molecular flexibility index (Phi) is 5.57. The molecule has 0 saturated heterocycles. The van der Waals surface area contributed by atoms with Gasteiger partial charge in [-0.1, -0.05) is 30.3 Å². The van der Waals surface area contributed by atoms with E-state index in [0.717, 1.165) is 36.5 Å².